The van der Waals surface area contributed by atoms with Crippen molar-refractivity contribution >= 4 is 22.8 Å². The van der Waals surface area contributed by atoms with E-state index in [1.54, 1.807) is 52.9 Å². The molecule has 2 heterocycles. The molecule has 0 fully saturated rings. The van der Waals surface area contributed by atoms with Crippen molar-refractivity contribution in [3.63, 3.8) is 0 Å². The summed E-state index contributed by atoms with van der Waals surface area (Å²) in [6, 6.07) is 4.97. The molecule has 0 radical (unpaired) electrons. The average Bonchev–Trinajstić information content (AvgIpc) is 2.96. The van der Waals surface area contributed by atoms with Crippen molar-refractivity contribution in [1.82, 2.24) is 9.88 Å². The highest BCUT2D eigenvalue weighted by molar-refractivity contribution is 6.05. The van der Waals surface area contributed by atoms with E-state index >= 15 is 4.39 Å². The van der Waals surface area contributed by atoms with Gasteiger partial charge in [-0.25, -0.2) is 9.18 Å². The maximum absolute atomic E-state index is 15.7. The van der Waals surface area contributed by atoms with Crippen LogP contribution in [0.1, 0.15) is 71.6 Å². The number of methoxy groups -OCH3 is 2. The van der Waals surface area contributed by atoms with E-state index in [2.05, 4.69) is 0 Å². The van der Waals surface area contributed by atoms with Gasteiger partial charge in [-0.05, 0) is 94.8 Å². The first-order chi connectivity index (χ1) is 20.8. The summed E-state index contributed by atoms with van der Waals surface area (Å²) in [5, 5.41) is 11.0. The smallest absolute Gasteiger partial charge is 0.337 e. The van der Waals surface area contributed by atoms with Gasteiger partial charge in [-0.15, -0.1) is 0 Å². The molecule has 238 valence electrons. The van der Waals surface area contributed by atoms with E-state index in [0.717, 1.165) is 17.5 Å². The summed E-state index contributed by atoms with van der Waals surface area (Å²) in [6.07, 6.45) is -0.0423. The van der Waals surface area contributed by atoms with Gasteiger partial charge in [-0.2, -0.15) is 0 Å². The Morgan fingerprint density at radius 2 is 1.75 bits per heavy atom. The zero-order valence-electron chi connectivity index (χ0n) is 26.9. The quantitative estimate of drug-likeness (QED) is 0.283. The van der Waals surface area contributed by atoms with E-state index in [-0.39, 0.29) is 11.7 Å². The lowest BCUT2D eigenvalue weighted by atomic mass is 9.85. The van der Waals surface area contributed by atoms with E-state index in [0.29, 0.717) is 83.7 Å². The van der Waals surface area contributed by atoms with E-state index in [1.807, 2.05) is 19.9 Å². The maximum Gasteiger partial charge on any atom is 0.337 e. The molecule has 0 saturated heterocycles. The molecule has 9 nitrogen and oxygen atoms in total. The monoisotopic (exact) mass is 610 g/mol. The molecule has 4 rings (SSSR count). The fourth-order valence-corrected chi connectivity index (χ4v) is 5.79. The van der Waals surface area contributed by atoms with Gasteiger partial charge >= 0.3 is 5.97 Å². The Labute approximate surface area is 258 Å². The number of fused-ring (bicyclic) bond motifs is 2. The molecule has 0 unspecified atom stereocenters. The SMILES string of the molecule is COCCN(CCOC)C(=O)c1cc2c(-c3cc(F)c4c(c3C)CCCO4)c([C@H](OC(C)(C)C)C(=O)O)c(C)nc2cc1C. The van der Waals surface area contributed by atoms with Crippen LogP contribution in [-0.4, -0.2) is 79.6 Å². The van der Waals surface area contributed by atoms with Crippen LogP contribution >= 0.6 is 0 Å². The second-order valence-electron chi connectivity index (χ2n) is 12.2. The number of carboxylic acid groups (broad SMARTS) is 1. The number of carboxylic acids is 1. The van der Waals surface area contributed by atoms with Gasteiger partial charge in [0.15, 0.2) is 17.7 Å². The molecule has 10 heteroatoms. The largest absolute Gasteiger partial charge is 0.490 e. The molecule has 44 heavy (non-hydrogen) atoms. The molecule has 2 aromatic carbocycles. The molecule has 1 aliphatic heterocycles. The van der Waals surface area contributed by atoms with Crippen molar-refractivity contribution in [1.29, 1.82) is 0 Å². The van der Waals surface area contributed by atoms with E-state index in [1.165, 1.54) is 6.07 Å². The maximum atomic E-state index is 15.7. The Morgan fingerprint density at radius 1 is 1.09 bits per heavy atom. The molecular weight excluding hydrogens is 567 g/mol. The number of aryl methyl sites for hydroxylation is 2. The number of aliphatic carboxylic acids is 1. The van der Waals surface area contributed by atoms with Crippen LogP contribution in [0.5, 0.6) is 5.75 Å². The number of aromatic nitrogens is 1. The molecule has 0 aliphatic carbocycles. The zero-order chi connectivity index (χ0) is 32.3. The first kappa shape index (κ1) is 33.3. The van der Waals surface area contributed by atoms with Crippen molar-refractivity contribution in [2.45, 2.75) is 66.1 Å². The number of carbonyl (C=O) groups excluding carboxylic acids is 1. The van der Waals surface area contributed by atoms with Crippen LogP contribution < -0.4 is 4.74 Å². The predicted molar refractivity (Wildman–Crippen MR) is 166 cm³/mol. The molecule has 3 aromatic rings. The molecular formula is C34H43FN2O7. The van der Waals surface area contributed by atoms with Crippen LogP contribution in [0, 0.1) is 26.6 Å². The number of nitrogens with zero attached hydrogens (tertiary/aromatic N) is 2. The molecule has 1 amide bonds. The van der Waals surface area contributed by atoms with E-state index in [9.17, 15) is 14.7 Å². The summed E-state index contributed by atoms with van der Waals surface area (Å²) in [5.74, 6) is -1.72. The molecule has 0 saturated carbocycles. The Hall–Kier alpha value is -3.60. The van der Waals surface area contributed by atoms with Gasteiger partial charge in [0, 0.05) is 55.1 Å². The highest BCUT2D eigenvalue weighted by Gasteiger charge is 2.34. The van der Waals surface area contributed by atoms with Crippen LogP contribution in [0.2, 0.25) is 0 Å². The van der Waals surface area contributed by atoms with Crippen LogP contribution in [0.25, 0.3) is 22.0 Å². The van der Waals surface area contributed by atoms with Crippen LogP contribution in [0.15, 0.2) is 18.2 Å². The number of amides is 1. The fourth-order valence-electron chi connectivity index (χ4n) is 5.79. The lowest BCUT2D eigenvalue weighted by molar-refractivity contribution is -0.160. The Bertz CT molecular complexity index is 1560. The summed E-state index contributed by atoms with van der Waals surface area (Å²) in [6.45, 7) is 12.6. The minimum Gasteiger partial charge on any atom is -0.490 e. The van der Waals surface area contributed by atoms with Crippen molar-refractivity contribution in [3.05, 3.63) is 57.5 Å². The van der Waals surface area contributed by atoms with E-state index in [4.69, 9.17) is 23.9 Å². The number of hydrogen-bond donors (Lipinski definition) is 1. The second-order valence-corrected chi connectivity index (χ2v) is 12.2. The zero-order valence-corrected chi connectivity index (χ0v) is 26.9. The number of rotatable bonds is 11. The van der Waals surface area contributed by atoms with Crippen molar-refractivity contribution in [3.8, 4) is 16.9 Å². The van der Waals surface area contributed by atoms with Gasteiger partial charge in [-0.1, -0.05) is 0 Å². The topological polar surface area (TPSA) is 107 Å². The highest BCUT2D eigenvalue weighted by Crippen LogP contribution is 2.44. The van der Waals surface area contributed by atoms with Gasteiger partial charge < -0.3 is 29.0 Å². The van der Waals surface area contributed by atoms with Crippen molar-refractivity contribution in [2.75, 3.05) is 47.1 Å². The third-order valence-corrected chi connectivity index (χ3v) is 7.87. The normalized spacial score (nSPS) is 13.8. The lowest BCUT2D eigenvalue weighted by Gasteiger charge is -2.29. The van der Waals surface area contributed by atoms with Crippen LogP contribution in [0.4, 0.5) is 4.39 Å². The Kier molecular flexibility index (Phi) is 10.3. The molecule has 1 N–H and O–H groups in total. The standard InChI is InChI=1S/C34H43FN2O7/c1-19-16-27-25(17-23(19)32(38)37(11-14-41-7)12-15-42-8)29(24-18-26(35)30-22(20(24)2)10-9-13-43-30)28(21(3)36-27)31(33(39)40)44-34(4,5)6/h16-18,31H,9-15H2,1-8H3,(H,39,40)/t31-/m0/s1. The number of hydrogen-bond acceptors (Lipinski definition) is 7. The summed E-state index contributed by atoms with van der Waals surface area (Å²) in [4.78, 5) is 33.3. The minimum absolute atomic E-state index is 0.228. The summed E-state index contributed by atoms with van der Waals surface area (Å²) in [7, 11) is 3.15. The Balaban J connectivity index is 2.09. The van der Waals surface area contributed by atoms with Gasteiger partial charge in [-0.3, -0.25) is 9.78 Å². The predicted octanol–water partition coefficient (Wildman–Crippen LogP) is 5.97. The Morgan fingerprint density at radius 3 is 2.34 bits per heavy atom. The number of benzene rings is 2. The molecule has 0 bridgehead atoms. The first-order valence-electron chi connectivity index (χ1n) is 14.9. The average molecular weight is 611 g/mol. The third kappa shape index (κ3) is 6.87. The number of carbonyl (C=O) groups is 2. The summed E-state index contributed by atoms with van der Waals surface area (Å²) < 4.78 is 38.0. The van der Waals surface area contributed by atoms with Gasteiger partial charge in [0.2, 0.25) is 0 Å². The van der Waals surface area contributed by atoms with Crippen molar-refractivity contribution < 1.29 is 38.0 Å². The lowest BCUT2D eigenvalue weighted by Crippen LogP contribution is -2.36. The first-order valence-corrected chi connectivity index (χ1v) is 14.9. The molecule has 1 atom stereocenters. The molecule has 1 aromatic heterocycles. The van der Waals surface area contributed by atoms with Gasteiger partial charge in [0.1, 0.15) is 0 Å². The van der Waals surface area contributed by atoms with E-state index < -0.39 is 23.5 Å². The summed E-state index contributed by atoms with van der Waals surface area (Å²) >= 11 is 0. The van der Waals surface area contributed by atoms with Crippen molar-refractivity contribution in [2.24, 2.45) is 0 Å². The summed E-state index contributed by atoms with van der Waals surface area (Å²) in [5.41, 5.74) is 4.15. The fraction of sp³-hybridized carbons (Fsp3) is 0.500. The van der Waals surface area contributed by atoms with Crippen LogP contribution in [0.3, 0.4) is 0 Å². The van der Waals surface area contributed by atoms with Crippen LogP contribution in [-0.2, 0) is 25.4 Å². The van der Waals surface area contributed by atoms with Gasteiger partial charge in [0.25, 0.3) is 5.91 Å². The van der Waals surface area contributed by atoms with Gasteiger partial charge in [0.05, 0.1) is 30.9 Å². The molecule has 1 aliphatic rings. The third-order valence-electron chi connectivity index (χ3n) is 7.87. The second kappa shape index (κ2) is 13.6. The minimum atomic E-state index is -1.41. The number of pyridine rings is 1. The highest BCUT2D eigenvalue weighted by atomic mass is 19.1. The number of ether oxygens (including phenoxy) is 4. The molecule has 0 spiro atoms. The number of halogens is 1.